The number of hydrogen-bond donors (Lipinski definition) is 4. The van der Waals surface area contributed by atoms with Crippen LogP contribution < -0.4 is 11.1 Å². The Bertz CT molecular complexity index is 1220. The van der Waals surface area contributed by atoms with Gasteiger partial charge in [-0.15, -0.1) is 35.5 Å². The van der Waals surface area contributed by atoms with Crippen LogP contribution in [0.2, 0.25) is 0 Å². The van der Waals surface area contributed by atoms with E-state index in [0.29, 0.717) is 5.57 Å². The van der Waals surface area contributed by atoms with Crippen molar-refractivity contribution in [3.63, 3.8) is 0 Å². The van der Waals surface area contributed by atoms with Crippen LogP contribution >= 0.6 is 47.3 Å². The number of fused-ring (bicyclic) bond motifs is 1. The maximum Gasteiger partial charge on any atom is 0.352 e. The number of aliphatic hydroxyl groups is 1. The van der Waals surface area contributed by atoms with E-state index in [1.165, 1.54) is 36.6 Å². The Balaban J connectivity index is 0.00000157. The molecule has 2 aliphatic heterocycles. The van der Waals surface area contributed by atoms with Crippen molar-refractivity contribution in [1.29, 1.82) is 0 Å². The predicted molar refractivity (Wildman–Crippen MR) is 141 cm³/mol. The molecule has 200 valence electrons. The number of carbonyl (C=O) groups is 4. The second-order valence-electron chi connectivity index (χ2n) is 6.87. The van der Waals surface area contributed by atoms with Crippen LogP contribution in [0, 0.1) is 0 Å². The number of rotatable bonds is 8. The van der Waals surface area contributed by atoms with Gasteiger partial charge in [0, 0.05) is 24.0 Å². The van der Waals surface area contributed by atoms with Gasteiger partial charge in [0.1, 0.15) is 29.9 Å². The van der Waals surface area contributed by atoms with E-state index in [1.54, 1.807) is 6.07 Å². The number of aliphatic carboxylic acids is 1. The molecular formula is C20H22ClN5O8S3. The molecule has 5 N–H and O–H groups in total. The first-order chi connectivity index (χ1) is 17.3. The van der Waals surface area contributed by atoms with Crippen LogP contribution in [0.3, 0.4) is 0 Å². The summed E-state index contributed by atoms with van der Waals surface area (Å²) < 4.78 is 5.05. The Morgan fingerprint density at radius 2 is 2.14 bits per heavy atom. The van der Waals surface area contributed by atoms with Crippen molar-refractivity contribution in [2.45, 2.75) is 11.4 Å². The number of nitrogen functional groups attached to an aromatic ring is 1. The van der Waals surface area contributed by atoms with Gasteiger partial charge in [-0.25, -0.2) is 9.78 Å². The number of furan rings is 1. The highest BCUT2D eigenvalue weighted by atomic mass is 35.5. The third-order valence-electron chi connectivity index (χ3n) is 4.80. The maximum atomic E-state index is 12.8. The second-order valence-corrected chi connectivity index (χ2v) is 9.81. The molecule has 0 saturated carbocycles. The molecule has 2 aromatic rings. The van der Waals surface area contributed by atoms with Crippen LogP contribution in [0.1, 0.15) is 16.2 Å². The van der Waals surface area contributed by atoms with Gasteiger partial charge in [-0.05, 0) is 17.7 Å². The van der Waals surface area contributed by atoms with Gasteiger partial charge in [-0.1, -0.05) is 16.9 Å². The lowest BCUT2D eigenvalue weighted by molar-refractivity contribution is -0.150. The molecule has 0 radical (unpaired) electrons. The predicted octanol–water partition coefficient (Wildman–Crippen LogP) is 1.01. The van der Waals surface area contributed by atoms with Crippen molar-refractivity contribution in [2.75, 3.05) is 31.5 Å². The van der Waals surface area contributed by atoms with E-state index >= 15 is 0 Å². The minimum absolute atomic E-state index is 0. The number of thioether (sulfide) groups is 2. The number of halogens is 1. The maximum absolute atomic E-state index is 12.8. The number of amides is 2. The zero-order chi connectivity index (χ0) is 26.4. The van der Waals surface area contributed by atoms with Gasteiger partial charge in [0.15, 0.2) is 16.6 Å². The highest BCUT2D eigenvalue weighted by Gasteiger charge is 2.54. The van der Waals surface area contributed by atoms with Gasteiger partial charge in [-0.2, -0.15) is 0 Å². The number of anilines is 1. The monoisotopic (exact) mass is 591 g/mol. The Labute approximate surface area is 228 Å². The van der Waals surface area contributed by atoms with Crippen molar-refractivity contribution in [3.8, 4) is 0 Å². The minimum Gasteiger partial charge on any atom is -0.477 e. The van der Waals surface area contributed by atoms with Crippen LogP contribution in [0.15, 0.2) is 44.6 Å². The molecule has 4 heterocycles. The van der Waals surface area contributed by atoms with Crippen LogP contribution in [-0.2, 0) is 19.2 Å². The average Bonchev–Trinajstić information content (AvgIpc) is 3.57. The molecule has 2 aliphatic rings. The largest absolute Gasteiger partial charge is 0.477 e. The Kier molecular flexibility index (Phi) is 11.0. The molecule has 0 unspecified atom stereocenters. The fourth-order valence-corrected chi connectivity index (χ4v) is 6.14. The molecular weight excluding hydrogens is 570 g/mol. The summed E-state index contributed by atoms with van der Waals surface area (Å²) in [5.41, 5.74) is 5.89. The van der Waals surface area contributed by atoms with Gasteiger partial charge in [0.25, 0.3) is 16.9 Å². The van der Waals surface area contributed by atoms with Crippen LogP contribution in [0.4, 0.5) is 5.13 Å². The standard InChI is InChI=1S/C19H17N5O7S3.CH4O.ClH/c1-30-23-11(9-7-34-19(20)21-9)14(25)22-12-15(26)24-13(17(27)28)8(5-32-16(12)24)6-33-18(29)10-3-2-4-31-10;1-2;/h2-4,7,12,16H,5-6H2,1H3,(H2,20,21)(H,22,25)(H,27,28);2H,1H3;1H/b23-11-;;/t12-,16-;;/m1../s1. The number of β-lactam (4-membered cyclic amide) rings is 1. The number of carbonyl (C=O) groups excluding carboxylic acids is 3. The van der Waals surface area contributed by atoms with Gasteiger partial charge >= 0.3 is 5.97 Å². The summed E-state index contributed by atoms with van der Waals surface area (Å²) in [4.78, 5) is 59.6. The SMILES string of the molecule is CO.CO/N=C(\C(=O)N[C@@H]1C(=O)N2C(C(=O)O)=C(CSC(=O)c3ccco3)CS[C@H]12)c1csc(N)n1.Cl. The molecule has 0 spiro atoms. The summed E-state index contributed by atoms with van der Waals surface area (Å²) in [6, 6.07) is 2.13. The Morgan fingerprint density at radius 1 is 1.41 bits per heavy atom. The lowest BCUT2D eigenvalue weighted by atomic mass is 10.0. The number of carboxylic acid groups (broad SMARTS) is 1. The van der Waals surface area contributed by atoms with Crippen molar-refractivity contribution in [1.82, 2.24) is 15.2 Å². The molecule has 0 aromatic carbocycles. The number of aromatic nitrogens is 1. The molecule has 2 aromatic heterocycles. The first kappa shape index (κ1) is 30.2. The number of nitrogens with one attached hydrogen (secondary N) is 1. The summed E-state index contributed by atoms with van der Waals surface area (Å²) in [5.74, 6) is -2.08. The van der Waals surface area contributed by atoms with E-state index in [2.05, 4.69) is 15.5 Å². The van der Waals surface area contributed by atoms with Gasteiger partial charge < -0.3 is 30.5 Å². The van der Waals surface area contributed by atoms with Crippen molar-refractivity contribution >= 4 is 81.0 Å². The molecule has 13 nitrogen and oxygen atoms in total. The number of oxime groups is 1. The quantitative estimate of drug-likeness (QED) is 0.193. The smallest absolute Gasteiger partial charge is 0.352 e. The topological polar surface area (TPSA) is 198 Å². The van der Waals surface area contributed by atoms with E-state index in [-0.39, 0.29) is 57.0 Å². The zero-order valence-electron chi connectivity index (χ0n) is 19.3. The van der Waals surface area contributed by atoms with E-state index in [0.717, 1.165) is 35.1 Å². The first-order valence-electron chi connectivity index (χ1n) is 10.0. The Morgan fingerprint density at radius 3 is 2.70 bits per heavy atom. The molecule has 37 heavy (non-hydrogen) atoms. The summed E-state index contributed by atoms with van der Waals surface area (Å²) in [5, 5.41) is 23.8. The molecule has 0 bridgehead atoms. The van der Waals surface area contributed by atoms with Crippen molar-refractivity contribution in [3.05, 3.63) is 46.5 Å². The van der Waals surface area contributed by atoms with Crippen LogP contribution in [0.25, 0.3) is 0 Å². The van der Waals surface area contributed by atoms with Crippen molar-refractivity contribution in [2.24, 2.45) is 5.16 Å². The number of thiazole rings is 1. The highest BCUT2D eigenvalue weighted by molar-refractivity contribution is 8.14. The minimum atomic E-state index is -1.29. The second kappa shape index (κ2) is 13.5. The van der Waals surface area contributed by atoms with Gasteiger partial charge in [0.2, 0.25) is 0 Å². The van der Waals surface area contributed by atoms with E-state index in [9.17, 15) is 24.3 Å². The molecule has 1 saturated heterocycles. The molecule has 0 aliphatic carbocycles. The zero-order valence-corrected chi connectivity index (χ0v) is 22.5. The summed E-state index contributed by atoms with van der Waals surface area (Å²) in [6.07, 6.45) is 1.37. The number of nitrogens with zero attached hydrogens (tertiary/aromatic N) is 3. The summed E-state index contributed by atoms with van der Waals surface area (Å²) in [6.45, 7) is 0. The lowest BCUT2D eigenvalue weighted by Crippen LogP contribution is -2.71. The number of nitrogens with two attached hydrogens (primary N) is 1. The van der Waals surface area contributed by atoms with Crippen molar-refractivity contribution < 1.29 is 38.6 Å². The normalized spacial score (nSPS) is 18.5. The molecule has 17 heteroatoms. The van der Waals surface area contributed by atoms with E-state index in [4.69, 9.17) is 20.1 Å². The number of hydrogen-bond acceptors (Lipinski definition) is 13. The Hall–Kier alpha value is -3.05. The fraction of sp³-hybridized carbons (Fsp3) is 0.300. The van der Waals surface area contributed by atoms with E-state index < -0.39 is 29.2 Å². The molecule has 4 rings (SSSR count). The lowest BCUT2D eigenvalue weighted by Gasteiger charge is -2.49. The average molecular weight is 592 g/mol. The number of carboxylic acids is 1. The van der Waals surface area contributed by atoms with Gasteiger partial charge in [0.05, 0.1) is 6.26 Å². The van der Waals surface area contributed by atoms with Gasteiger partial charge in [-0.3, -0.25) is 19.3 Å². The molecule has 2 amide bonds. The summed E-state index contributed by atoms with van der Waals surface area (Å²) >= 11 is 3.29. The molecule has 2 atom stereocenters. The molecule has 1 fully saturated rings. The van der Waals surface area contributed by atoms with E-state index in [1.807, 2.05) is 0 Å². The first-order valence-corrected chi connectivity index (χ1v) is 12.9. The van der Waals surface area contributed by atoms with Crippen LogP contribution in [-0.4, -0.2) is 85.8 Å². The fourth-order valence-electron chi connectivity index (χ4n) is 3.31. The summed E-state index contributed by atoms with van der Waals surface area (Å²) in [7, 11) is 2.26. The number of aliphatic hydroxyl groups excluding tert-OH is 1. The van der Waals surface area contributed by atoms with Crippen LogP contribution in [0.5, 0.6) is 0 Å². The third-order valence-corrected chi connectivity index (χ3v) is 7.77. The third kappa shape index (κ3) is 6.45. The highest BCUT2D eigenvalue weighted by Crippen LogP contribution is 2.41.